The number of benzene rings is 1. The van der Waals surface area contributed by atoms with E-state index in [4.69, 9.17) is 9.47 Å². The van der Waals surface area contributed by atoms with Gasteiger partial charge in [0.2, 0.25) is 0 Å². The Kier molecular flexibility index (Phi) is 14.0. The van der Waals surface area contributed by atoms with Gasteiger partial charge in [0.1, 0.15) is 5.75 Å². The summed E-state index contributed by atoms with van der Waals surface area (Å²) in [6.07, 6.45) is 13.0. The fourth-order valence-electron chi connectivity index (χ4n) is 3.06. The van der Waals surface area contributed by atoms with E-state index in [1.807, 2.05) is 18.2 Å². The maximum absolute atomic E-state index is 11.9. The van der Waals surface area contributed by atoms with Gasteiger partial charge in [0.15, 0.2) is 0 Å². The van der Waals surface area contributed by atoms with Gasteiger partial charge in [0.05, 0.1) is 6.61 Å². The van der Waals surface area contributed by atoms with Crippen molar-refractivity contribution in [2.24, 2.45) is 0 Å². The Bertz CT molecular complexity index is 553. The van der Waals surface area contributed by atoms with Crippen LogP contribution in [0.3, 0.4) is 0 Å². The number of aryl methyl sites for hydroxylation is 1. The van der Waals surface area contributed by atoms with E-state index in [0.717, 1.165) is 24.8 Å². The van der Waals surface area contributed by atoms with E-state index >= 15 is 0 Å². The average Bonchev–Trinajstić information content (AvgIpc) is 2.69. The molecule has 0 fully saturated rings. The summed E-state index contributed by atoms with van der Waals surface area (Å²) in [5.41, 5.74) is 1.13. The Morgan fingerprint density at radius 1 is 0.786 bits per heavy atom. The molecule has 0 heterocycles. The first kappa shape index (κ1) is 24.2. The Labute approximate surface area is 171 Å². The van der Waals surface area contributed by atoms with Crippen molar-refractivity contribution < 1.29 is 19.1 Å². The van der Waals surface area contributed by atoms with Crippen molar-refractivity contribution in [3.05, 3.63) is 29.8 Å². The zero-order chi connectivity index (χ0) is 20.5. The molecule has 0 spiro atoms. The molecule has 1 aromatic carbocycles. The van der Waals surface area contributed by atoms with E-state index in [-0.39, 0.29) is 24.8 Å². The van der Waals surface area contributed by atoms with E-state index in [0.29, 0.717) is 18.8 Å². The second-order valence-electron chi connectivity index (χ2n) is 7.38. The lowest BCUT2D eigenvalue weighted by atomic mass is 10.1. The zero-order valence-corrected chi connectivity index (χ0v) is 17.8. The Hall–Kier alpha value is -1.84. The highest BCUT2D eigenvalue weighted by Gasteiger charge is 2.08. The first-order valence-corrected chi connectivity index (χ1v) is 11.1. The molecule has 0 bridgehead atoms. The van der Waals surface area contributed by atoms with Gasteiger partial charge >= 0.3 is 11.9 Å². The largest absolute Gasteiger partial charge is 0.466 e. The second kappa shape index (κ2) is 16.1. The molecule has 0 radical (unpaired) electrons. The number of carbonyl (C=O) groups excluding carboxylic acids is 2. The van der Waals surface area contributed by atoms with Gasteiger partial charge in [-0.2, -0.15) is 0 Å². The fourth-order valence-corrected chi connectivity index (χ4v) is 3.06. The lowest BCUT2D eigenvalue weighted by Gasteiger charge is -2.06. The van der Waals surface area contributed by atoms with E-state index in [2.05, 4.69) is 13.8 Å². The van der Waals surface area contributed by atoms with Crippen molar-refractivity contribution >= 4 is 11.9 Å². The molecule has 0 saturated heterocycles. The molecule has 0 aliphatic heterocycles. The summed E-state index contributed by atoms with van der Waals surface area (Å²) in [5.74, 6) is 0.0395. The Morgan fingerprint density at radius 2 is 1.43 bits per heavy atom. The molecule has 0 aromatic heterocycles. The second-order valence-corrected chi connectivity index (χ2v) is 7.38. The number of unbranched alkanes of at least 4 members (excludes halogenated alkanes) is 8. The summed E-state index contributed by atoms with van der Waals surface area (Å²) in [4.78, 5) is 23.6. The SMILES string of the molecule is CCCCCCCCCCCOC(=O)CCCC(=O)Oc1cccc(CC)c1. The molecular weight excluding hydrogens is 352 g/mol. The molecule has 0 aliphatic rings. The Balaban J connectivity index is 1.98. The predicted octanol–water partition coefficient (Wildman–Crippen LogP) is 6.40. The summed E-state index contributed by atoms with van der Waals surface area (Å²) in [6.45, 7) is 4.78. The van der Waals surface area contributed by atoms with Gasteiger partial charge in [-0.05, 0) is 37.0 Å². The van der Waals surface area contributed by atoms with Gasteiger partial charge in [0, 0.05) is 12.8 Å². The quantitative estimate of drug-likeness (QED) is 0.186. The van der Waals surface area contributed by atoms with Gasteiger partial charge in [-0.1, -0.05) is 77.3 Å². The minimum atomic E-state index is -0.306. The first-order valence-electron chi connectivity index (χ1n) is 11.1. The summed E-state index contributed by atoms with van der Waals surface area (Å²) >= 11 is 0. The fraction of sp³-hybridized carbons (Fsp3) is 0.667. The maximum Gasteiger partial charge on any atom is 0.311 e. The van der Waals surface area contributed by atoms with Crippen molar-refractivity contribution in [1.29, 1.82) is 0 Å². The van der Waals surface area contributed by atoms with Gasteiger partial charge in [-0.15, -0.1) is 0 Å². The van der Waals surface area contributed by atoms with Crippen LogP contribution in [0.25, 0.3) is 0 Å². The minimum absolute atomic E-state index is 0.222. The van der Waals surface area contributed by atoms with Crippen molar-refractivity contribution in [3.63, 3.8) is 0 Å². The first-order chi connectivity index (χ1) is 13.7. The lowest BCUT2D eigenvalue weighted by molar-refractivity contribution is -0.144. The molecule has 1 aromatic rings. The van der Waals surface area contributed by atoms with Crippen molar-refractivity contribution in [2.75, 3.05) is 6.61 Å². The standard InChI is InChI=1S/C24H38O4/c1-3-5-6-7-8-9-10-11-12-19-27-23(25)17-14-18-24(26)28-22-16-13-15-21(4-2)20-22/h13,15-16,20H,3-12,14,17-19H2,1-2H3. The van der Waals surface area contributed by atoms with Crippen LogP contribution in [-0.4, -0.2) is 18.5 Å². The van der Waals surface area contributed by atoms with Gasteiger partial charge in [-0.25, -0.2) is 0 Å². The highest BCUT2D eigenvalue weighted by atomic mass is 16.5. The molecule has 0 amide bonds. The summed E-state index contributed by atoms with van der Waals surface area (Å²) in [5, 5.41) is 0. The molecule has 28 heavy (non-hydrogen) atoms. The van der Waals surface area contributed by atoms with Crippen LogP contribution >= 0.6 is 0 Å². The topological polar surface area (TPSA) is 52.6 Å². The van der Waals surface area contributed by atoms with E-state index in [9.17, 15) is 9.59 Å². The van der Waals surface area contributed by atoms with Crippen LogP contribution in [0.5, 0.6) is 5.75 Å². The summed E-state index contributed by atoms with van der Waals surface area (Å²) in [6, 6.07) is 7.53. The third-order valence-corrected chi connectivity index (χ3v) is 4.81. The normalized spacial score (nSPS) is 10.6. The predicted molar refractivity (Wildman–Crippen MR) is 113 cm³/mol. The van der Waals surface area contributed by atoms with Gasteiger partial charge in [0.25, 0.3) is 0 Å². The van der Waals surface area contributed by atoms with Crippen LogP contribution in [0.2, 0.25) is 0 Å². The molecule has 0 atom stereocenters. The van der Waals surface area contributed by atoms with Gasteiger partial charge in [-0.3, -0.25) is 9.59 Å². The zero-order valence-electron chi connectivity index (χ0n) is 17.8. The molecule has 0 saturated carbocycles. The Morgan fingerprint density at radius 3 is 2.11 bits per heavy atom. The number of rotatable bonds is 16. The third-order valence-electron chi connectivity index (χ3n) is 4.81. The number of ether oxygens (including phenoxy) is 2. The molecular formula is C24H38O4. The van der Waals surface area contributed by atoms with Crippen LogP contribution in [0.1, 0.15) is 96.5 Å². The van der Waals surface area contributed by atoms with Crippen LogP contribution < -0.4 is 4.74 Å². The lowest BCUT2D eigenvalue weighted by Crippen LogP contribution is -2.10. The molecule has 4 nitrogen and oxygen atoms in total. The molecule has 0 aliphatic carbocycles. The van der Waals surface area contributed by atoms with E-state index in [1.54, 1.807) is 6.07 Å². The average molecular weight is 391 g/mol. The number of esters is 2. The number of hydrogen-bond donors (Lipinski definition) is 0. The van der Waals surface area contributed by atoms with Crippen molar-refractivity contribution in [1.82, 2.24) is 0 Å². The van der Waals surface area contributed by atoms with E-state index in [1.165, 1.54) is 44.9 Å². The number of hydrogen-bond acceptors (Lipinski definition) is 4. The van der Waals surface area contributed by atoms with Crippen LogP contribution in [0, 0.1) is 0 Å². The van der Waals surface area contributed by atoms with Crippen LogP contribution in [0.4, 0.5) is 0 Å². The molecule has 4 heteroatoms. The highest BCUT2D eigenvalue weighted by Crippen LogP contribution is 2.15. The monoisotopic (exact) mass is 390 g/mol. The number of carbonyl (C=O) groups is 2. The third kappa shape index (κ3) is 12.5. The maximum atomic E-state index is 11.9. The highest BCUT2D eigenvalue weighted by molar-refractivity contribution is 5.74. The van der Waals surface area contributed by atoms with Gasteiger partial charge < -0.3 is 9.47 Å². The molecule has 158 valence electrons. The molecule has 1 rings (SSSR count). The molecule has 0 unspecified atom stereocenters. The van der Waals surface area contributed by atoms with Crippen molar-refractivity contribution in [2.45, 2.75) is 97.3 Å². The van der Waals surface area contributed by atoms with Crippen molar-refractivity contribution in [3.8, 4) is 5.75 Å². The summed E-state index contributed by atoms with van der Waals surface area (Å²) < 4.78 is 10.6. The smallest absolute Gasteiger partial charge is 0.311 e. The summed E-state index contributed by atoms with van der Waals surface area (Å²) in [7, 11) is 0. The molecule has 0 N–H and O–H groups in total. The van der Waals surface area contributed by atoms with Crippen LogP contribution in [-0.2, 0) is 20.7 Å². The minimum Gasteiger partial charge on any atom is -0.466 e. The van der Waals surface area contributed by atoms with E-state index < -0.39 is 0 Å². The van der Waals surface area contributed by atoms with Crippen LogP contribution in [0.15, 0.2) is 24.3 Å².